The number of thiazole rings is 1. The first-order chi connectivity index (χ1) is 13.1. The molecular formula is C21H26N2O3S. The molecule has 5 nitrogen and oxygen atoms in total. The number of benzene rings is 1. The van der Waals surface area contributed by atoms with E-state index in [1.165, 1.54) is 24.2 Å². The van der Waals surface area contributed by atoms with E-state index in [9.17, 15) is 4.79 Å². The van der Waals surface area contributed by atoms with Crippen molar-refractivity contribution in [3.8, 4) is 16.3 Å². The molecule has 1 saturated carbocycles. The van der Waals surface area contributed by atoms with Crippen LogP contribution in [0.3, 0.4) is 0 Å². The summed E-state index contributed by atoms with van der Waals surface area (Å²) in [5.74, 6) is 1.46. The van der Waals surface area contributed by atoms with E-state index in [2.05, 4.69) is 10.3 Å². The van der Waals surface area contributed by atoms with Crippen molar-refractivity contribution in [2.24, 2.45) is 5.92 Å². The summed E-state index contributed by atoms with van der Waals surface area (Å²) in [7, 11) is 0. The molecule has 1 N–H and O–H groups in total. The van der Waals surface area contributed by atoms with Gasteiger partial charge in [-0.1, -0.05) is 0 Å². The van der Waals surface area contributed by atoms with Crippen molar-refractivity contribution in [1.82, 2.24) is 10.3 Å². The first kappa shape index (κ1) is 18.4. The van der Waals surface area contributed by atoms with Crippen LogP contribution in [0, 0.1) is 5.92 Å². The summed E-state index contributed by atoms with van der Waals surface area (Å²) < 4.78 is 11.5. The number of rotatable bonds is 6. The third-order valence-corrected chi connectivity index (χ3v) is 5.90. The van der Waals surface area contributed by atoms with Gasteiger partial charge in [0.25, 0.3) is 5.91 Å². The second kappa shape index (κ2) is 7.98. The Bertz CT molecular complexity index is 783. The van der Waals surface area contributed by atoms with Crippen LogP contribution in [-0.2, 0) is 4.74 Å². The molecule has 2 heterocycles. The van der Waals surface area contributed by atoms with Crippen molar-refractivity contribution in [3.05, 3.63) is 35.3 Å². The molecule has 1 aliphatic carbocycles. The van der Waals surface area contributed by atoms with Crippen molar-refractivity contribution in [1.29, 1.82) is 0 Å². The van der Waals surface area contributed by atoms with Crippen LogP contribution < -0.4 is 10.1 Å². The average Bonchev–Trinajstić information content (AvgIpc) is 3.39. The lowest BCUT2D eigenvalue weighted by atomic mass is 10.00. The molecule has 27 heavy (non-hydrogen) atoms. The molecule has 2 aromatic rings. The Morgan fingerprint density at radius 2 is 2.04 bits per heavy atom. The summed E-state index contributed by atoms with van der Waals surface area (Å²) in [6.45, 7) is 4.75. The highest BCUT2D eigenvalue weighted by Gasteiger charge is 2.36. The zero-order chi connectivity index (χ0) is 18.8. The average molecular weight is 387 g/mol. The third-order valence-electron chi connectivity index (χ3n) is 5.01. The summed E-state index contributed by atoms with van der Waals surface area (Å²) in [5, 5.41) is 5.83. The van der Waals surface area contributed by atoms with Crippen molar-refractivity contribution in [2.75, 3.05) is 6.61 Å². The fraction of sp³-hybridized carbons (Fsp3) is 0.524. The molecular weight excluding hydrogens is 360 g/mol. The number of nitrogens with one attached hydrogen (secondary N) is 1. The molecule has 6 heteroatoms. The Hall–Kier alpha value is -1.92. The van der Waals surface area contributed by atoms with Crippen LogP contribution in [0.15, 0.2) is 29.6 Å². The lowest BCUT2D eigenvalue weighted by Crippen LogP contribution is -2.42. The van der Waals surface area contributed by atoms with Gasteiger partial charge < -0.3 is 14.8 Å². The highest BCUT2D eigenvalue weighted by Crippen LogP contribution is 2.38. The van der Waals surface area contributed by atoms with Crippen LogP contribution in [0.4, 0.5) is 0 Å². The second-order valence-corrected chi connectivity index (χ2v) is 8.53. The topological polar surface area (TPSA) is 60.5 Å². The van der Waals surface area contributed by atoms with E-state index in [-0.39, 0.29) is 18.1 Å². The van der Waals surface area contributed by atoms with Gasteiger partial charge >= 0.3 is 0 Å². The van der Waals surface area contributed by atoms with Gasteiger partial charge in [0.05, 0.1) is 12.2 Å². The first-order valence-corrected chi connectivity index (χ1v) is 10.6. The van der Waals surface area contributed by atoms with Gasteiger partial charge in [-0.05, 0) is 69.7 Å². The highest BCUT2D eigenvalue weighted by atomic mass is 32.1. The van der Waals surface area contributed by atoms with Crippen LogP contribution in [0.1, 0.15) is 50.0 Å². The molecule has 2 fully saturated rings. The van der Waals surface area contributed by atoms with E-state index in [4.69, 9.17) is 9.47 Å². The first-order valence-electron chi connectivity index (χ1n) is 9.73. The Kier molecular flexibility index (Phi) is 5.45. The lowest BCUT2D eigenvalue weighted by molar-refractivity contribution is -0.0102. The fourth-order valence-corrected chi connectivity index (χ4v) is 4.28. The molecule has 0 radical (unpaired) electrons. The number of nitrogens with zero attached hydrogens (tertiary/aromatic N) is 1. The summed E-state index contributed by atoms with van der Waals surface area (Å²) in [6.07, 6.45) is 4.80. The minimum Gasteiger partial charge on any atom is -0.491 e. The van der Waals surface area contributed by atoms with Crippen molar-refractivity contribution >= 4 is 17.2 Å². The zero-order valence-electron chi connectivity index (χ0n) is 15.8. The van der Waals surface area contributed by atoms with Gasteiger partial charge in [-0.25, -0.2) is 4.98 Å². The number of carbonyl (C=O) groups excluding carboxylic acids is 1. The van der Waals surface area contributed by atoms with Gasteiger partial charge in [0.2, 0.25) is 0 Å². The molecule has 1 amide bonds. The third kappa shape index (κ3) is 4.68. The standard InChI is InChI=1S/C21H26N2O3S/c1-13(2)26-17-7-5-15(6-8-17)21-23-18(12-27-21)20(24)22-16-9-10-25-19(11-16)14-3-4-14/h5-8,12-14,16,19H,3-4,9-11H2,1-2H3,(H,22,24)/t16-,19-/m0/s1. The maximum atomic E-state index is 12.6. The minimum atomic E-state index is -0.0845. The van der Waals surface area contributed by atoms with Gasteiger partial charge in [0.1, 0.15) is 16.5 Å². The Morgan fingerprint density at radius 3 is 2.74 bits per heavy atom. The largest absolute Gasteiger partial charge is 0.491 e. The van der Waals surface area contributed by atoms with Gasteiger partial charge in [-0.2, -0.15) is 0 Å². The molecule has 0 spiro atoms. The lowest BCUT2D eigenvalue weighted by Gasteiger charge is -2.30. The van der Waals surface area contributed by atoms with Crippen LogP contribution in [0.5, 0.6) is 5.75 Å². The van der Waals surface area contributed by atoms with Crippen molar-refractivity contribution < 1.29 is 14.3 Å². The van der Waals surface area contributed by atoms with Crippen LogP contribution in [0.2, 0.25) is 0 Å². The minimum absolute atomic E-state index is 0.0845. The van der Waals surface area contributed by atoms with E-state index in [0.717, 1.165) is 35.8 Å². The number of hydrogen-bond acceptors (Lipinski definition) is 5. The van der Waals surface area contributed by atoms with Crippen LogP contribution >= 0.6 is 11.3 Å². The monoisotopic (exact) mass is 386 g/mol. The Balaban J connectivity index is 1.37. The van der Waals surface area contributed by atoms with E-state index in [1.807, 2.05) is 43.5 Å². The summed E-state index contributed by atoms with van der Waals surface area (Å²) in [4.78, 5) is 17.1. The van der Waals surface area contributed by atoms with Gasteiger partial charge in [-0.15, -0.1) is 11.3 Å². The zero-order valence-corrected chi connectivity index (χ0v) is 16.6. The summed E-state index contributed by atoms with van der Waals surface area (Å²) in [5.41, 5.74) is 1.49. The van der Waals surface area contributed by atoms with E-state index >= 15 is 0 Å². The van der Waals surface area contributed by atoms with Gasteiger partial charge in [0.15, 0.2) is 0 Å². The second-order valence-electron chi connectivity index (χ2n) is 7.67. The number of ether oxygens (including phenoxy) is 2. The quantitative estimate of drug-likeness (QED) is 0.805. The van der Waals surface area contributed by atoms with E-state index < -0.39 is 0 Å². The molecule has 1 saturated heterocycles. The SMILES string of the molecule is CC(C)Oc1ccc(-c2nc(C(=O)N[C@H]3CCO[C@H](C4CC4)C3)cs2)cc1. The van der Waals surface area contributed by atoms with Gasteiger partial charge in [-0.3, -0.25) is 4.79 Å². The molecule has 1 aromatic carbocycles. The Labute approximate surface area is 164 Å². The molecule has 1 aromatic heterocycles. The van der Waals surface area contributed by atoms with Crippen molar-refractivity contribution in [2.45, 2.75) is 57.8 Å². The number of hydrogen-bond donors (Lipinski definition) is 1. The van der Waals surface area contributed by atoms with E-state index in [1.54, 1.807) is 0 Å². The predicted octanol–water partition coefficient (Wildman–Crippen LogP) is 4.28. The molecule has 4 rings (SSSR count). The Morgan fingerprint density at radius 1 is 1.26 bits per heavy atom. The smallest absolute Gasteiger partial charge is 0.270 e. The fourth-order valence-electron chi connectivity index (χ4n) is 3.47. The van der Waals surface area contributed by atoms with Crippen LogP contribution in [0.25, 0.3) is 10.6 Å². The maximum Gasteiger partial charge on any atom is 0.270 e. The predicted molar refractivity (Wildman–Crippen MR) is 106 cm³/mol. The number of aromatic nitrogens is 1. The molecule has 1 aliphatic heterocycles. The number of carbonyl (C=O) groups is 1. The molecule has 0 unspecified atom stereocenters. The summed E-state index contributed by atoms with van der Waals surface area (Å²) in [6, 6.07) is 8.04. The highest BCUT2D eigenvalue weighted by molar-refractivity contribution is 7.13. The number of amides is 1. The van der Waals surface area contributed by atoms with Gasteiger partial charge in [0, 0.05) is 23.6 Å². The van der Waals surface area contributed by atoms with Crippen LogP contribution in [-0.4, -0.2) is 35.7 Å². The molecule has 144 valence electrons. The molecule has 2 atom stereocenters. The summed E-state index contributed by atoms with van der Waals surface area (Å²) >= 11 is 1.49. The van der Waals surface area contributed by atoms with E-state index in [0.29, 0.717) is 17.7 Å². The van der Waals surface area contributed by atoms with Crippen molar-refractivity contribution in [3.63, 3.8) is 0 Å². The maximum absolute atomic E-state index is 12.6. The molecule has 2 aliphatic rings. The molecule has 0 bridgehead atoms. The normalized spacial score (nSPS) is 22.6.